The van der Waals surface area contributed by atoms with Gasteiger partial charge in [0.15, 0.2) is 17.2 Å². The summed E-state index contributed by atoms with van der Waals surface area (Å²) in [6.07, 6.45) is 1.60. The second-order valence-corrected chi connectivity index (χ2v) is 5.99. The molecule has 0 saturated heterocycles. The molecule has 1 aromatic heterocycles. The zero-order valence-electron chi connectivity index (χ0n) is 13.6. The van der Waals surface area contributed by atoms with Crippen LogP contribution in [0.1, 0.15) is 24.3 Å². The minimum atomic E-state index is -0.509. The standard InChI is InChI=1S/C18H15NO5S/c1-3-22-15-10-12(6-7-14(15)23-11(2)20)9-13-18(21)24-17(19-13)16-5-4-8-25-16/h4-10H,3H2,1-2H3/b13-9-. The van der Waals surface area contributed by atoms with E-state index >= 15 is 0 Å². The molecule has 1 aliphatic rings. The topological polar surface area (TPSA) is 74.2 Å². The summed E-state index contributed by atoms with van der Waals surface area (Å²) in [6, 6.07) is 8.70. The van der Waals surface area contributed by atoms with Gasteiger partial charge in [0, 0.05) is 6.92 Å². The Hall–Kier alpha value is -2.93. The maximum atomic E-state index is 12.0. The van der Waals surface area contributed by atoms with Crippen LogP contribution < -0.4 is 9.47 Å². The fourth-order valence-electron chi connectivity index (χ4n) is 2.19. The summed E-state index contributed by atoms with van der Waals surface area (Å²) in [7, 11) is 0. The van der Waals surface area contributed by atoms with Gasteiger partial charge in [0.1, 0.15) is 0 Å². The molecular weight excluding hydrogens is 342 g/mol. The molecular formula is C18H15NO5S. The van der Waals surface area contributed by atoms with Crippen molar-refractivity contribution in [3.63, 3.8) is 0 Å². The van der Waals surface area contributed by atoms with Crippen LogP contribution in [-0.4, -0.2) is 24.4 Å². The van der Waals surface area contributed by atoms with Crippen LogP contribution in [-0.2, 0) is 14.3 Å². The fourth-order valence-corrected chi connectivity index (χ4v) is 2.84. The lowest BCUT2D eigenvalue weighted by atomic mass is 10.1. The first-order chi connectivity index (χ1) is 12.1. The van der Waals surface area contributed by atoms with Gasteiger partial charge < -0.3 is 14.2 Å². The molecule has 3 rings (SSSR count). The van der Waals surface area contributed by atoms with Crippen molar-refractivity contribution in [2.45, 2.75) is 13.8 Å². The molecule has 0 N–H and O–H groups in total. The SMILES string of the molecule is CCOc1cc(/C=C2\N=C(c3cccs3)OC2=O)ccc1OC(C)=O. The Kier molecular flexibility index (Phi) is 4.95. The molecule has 7 heteroatoms. The largest absolute Gasteiger partial charge is 0.490 e. The van der Waals surface area contributed by atoms with Crippen LogP contribution >= 0.6 is 11.3 Å². The highest BCUT2D eigenvalue weighted by molar-refractivity contribution is 7.12. The smallest absolute Gasteiger partial charge is 0.363 e. The molecule has 128 valence electrons. The van der Waals surface area contributed by atoms with Gasteiger partial charge in [-0.1, -0.05) is 12.1 Å². The summed E-state index contributed by atoms with van der Waals surface area (Å²) < 4.78 is 15.8. The van der Waals surface area contributed by atoms with Gasteiger partial charge in [0.25, 0.3) is 0 Å². The Morgan fingerprint density at radius 1 is 1.32 bits per heavy atom. The third-order valence-electron chi connectivity index (χ3n) is 3.18. The van der Waals surface area contributed by atoms with E-state index in [1.165, 1.54) is 18.3 Å². The van der Waals surface area contributed by atoms with E-state index in [-0.39, 0.29) is 5.70 Å². The quantitative estimate of drug-likeness (QED) is 0.466. The first-order valence-electron chi connectivity index (χ1n) is 7.58. The molecule has 0 atom stereocenters. The van der Waals surface area contributed by atoms with Crippen molar-refractivity contribution >= 4 is 35.2 Å². The van der Waals surface area contributed by atoms with Crippen molar-refractivity contribution in [1.82, 2.24) is 0 Å². The van der Waals surface area contributed by atoms with E-state index in [4.69, 9.17) is 14.2 Å². The number of nitrogens with zero attached hydrogens (tertiary/aromatic N) is 1. The van der Waals surface area contributed by atoms with Crippen molar-refractivity contribution in [1.29, 1.82) is 0 Å². The highest BCUT2D eigenvalue weighted by Crippen LogP contribution is 2.30. The van der Waals surface area contributed by atoms with Gasteiger partial charge in [-0.05, 0) is 42.1 Å². The molecule has 0 fully saturated rings. The Bertz CT molecular complexity index is 868. The molecule has 25 heavy (non-hydrogen) atoms. The highest BCUT2D eigenvalue weighted by atomic mass is 32.1. The van der Waals surface area contributed by atoms with Crippen LogP contribution in [0.3, 0.4) is 0 Å². The number of hydrogen-bond acceptors (Lipinski definition) is 7. The number of aliphatic imine (C=N–C) groups is 1. The molecule has 0 aliphatic carbocycles. The molecule has 2 heterocycles. The minimum Gasteiger partial charge on any atom is -0.490 e. The van der Waals surface area contributed by atoms with Crippen molar-refractivity contribution in [3.8, 4) is 11.5 Å². The maximum absolute atomic E-state index is 12.0. The van der Waals surface area contributed by atoms with E-state index in [2.05, 4.69) is 4.99 Å². The third kappa shape index (κ3) is 3.95. The normalized spacial score (nSPS) is 15.0. The zero-order chi connectivity index (χ0) is 17.8. The summed E-state index contributed by atoms with van der Waals surface area (Å²) in [6.45, 7) is 3.56. The highest BCUT2D eigenvalue weighted by Gasteiger charge is 2.24. The van der Waals surface area contributed by atoms with Crippen molar-refractivity contribution < 1.29 is 23.8 Å². The number of cyclic esters (lactones) is 1. The van der Waals surface area contributed by atoms with Gasteiger partial charge in [-0.25, -0.2) is 9.79 Å². The van der Waals surface area contributed by atoms with E-state index in [1.54, 1.807) is 24.3 Å². The van der Waals surface area contributed by atoms with Crippen molar-refractivity contribution in [2.24, 2.45) is 4.99 Å². The first kappa shape index (κ1) is 16.9. The number of carbonyl (C=O) groups excluding carboxylic acids is 2. The predicted molar refractivity (Wildman–Crippen MR) is 93.8 cm³/mol. The molecule has 1 aliphatic heterocycles. The average molecular weight is 357 g/mol. The van der Waals surface area contributed by atoms with Crippen LogP contribution in [0.15, 0.2) is 46.4 Å². The Morgan fingerprint density at radius 3 is 2.84 bits per heavy atom. The van der Waals surface area contributed by atoms with E-state index in [9.17, 15) is 9.59 Å². The first-order valence-corrected chi connectivity index (χ1v) is 8.46. The lowest BCUT2D eigenvalue weighted by Crippen LogP contribution is -2.04. The molecule has 6 nitrogen and oxygen atoms in total. The minimum absolute atomic E-state index is 0.200. The van der Waals surface area contributed by atoms with Crippen LogP contribution in [0.4, 0.5) is 0 Å². The Balaban J connectivity index is 1.91. The Labute approximate surface area is 148 Å². The van der Waals surface area contributed by atoms with E-state index < -0.39 is 11.9 Å². The second-order valence-electron chi connectivity index (χ2n) is 5.05. The summed E-state index contributed by atoms with van der Waals surface area (Å²) in [4.78, 5) is 28.2. The number of thiophene rings is 1. The number of ether oxygens (including phenoxy) is 3. The second kappa shape index (κ2) is 7.31. The number of esters is 2. The predicted octanol–water partition coefficient (Wildman–Crippen LogP) is 3.42. The summed E-state index contributed by atoms with van der Waals surface area (Å²) in [5.74, 6) is 0.101. The van der Waals surface area contributed by atoms with E-state index in [0.29, 0.717) is 29.6 Å². The Morgan fingerprint density at radius 2 is 2.16 bits per heavy atom. The van der Waals surface area contributed by atoms with Gasteiger partial charge in [-0.15, -0.1) is 11.3 Å². The van der Waals surface area contributed by atoms with Gasteiger partial charge in [-0.2, -0.15) is 0 Å². The maximum Gasteiger partial charge on any atom is 0.363 e. The number of rotatable bonds is 5. The average Bonchev–Trinajstić information content (AvgIpc) is 3.20. The van der Waals surface area contributed by atoms with Gasteiger partial charge in [0.2, 0.25) is 5.90 Å². The van der Waals surface area contributed by atoms with E-state index in [1.807, 2.05) is 24.4 Å². The molecule has 0 saturated carbocycles. The molecule has 2 aromatic rings. The molecule has 0 amide bonds. The molecule has 0 bridgehead atoms. The number of hydrogen-bond donors (Lipinski definition) is 0. The zero-order valence-corrected chi connectivity index (χ0v) is 14.5. The van der Waals surface area contributed by atoms with Crippen LogP contribution in [0.25, 0.3) is 6.08 Å². The monoisotopic (exact) mass is 357 g/mol. The number of carbonyl (C=O) groups is 2. The summed E-state index contributed by atoms with van der Waals surface area (Å²) >= 11 is 1.44. The van der Waals surface area contributed by atoms with Crippen LogP contribution in [0.5, 0.6) is 11.5 Å². The molecule has 0 spiro atoms. The lowest BCUT2D eigenvalue weighted by molar-refractivity contribution is -0.132. The summed E-state index contributed by atoms with van der Waals surface area (Å²) in [5, 5.41) is 1.88. The summed E-state index contributed by atoms with van der Waals surface area (Å²) in [5.41, 5.74) is 0.883. The lowest BCUT2D eigenvalue weighted by Gasteiger charge is -2.10. The van der Waals surface area contributed by atoms with Crippen molar-refractivity contribution in [2.75, 3.05) is 6.61 Å². The van der Waals surface area contributed by atoms with Crippen LogP contribution in [0.2, 0.25) is 0 Å². The third-order valence-corrected chi connectivity index (χ3v) is 4.04. The van der Waals surface area contributed by atoms with Gasteiger partial charge in [0.05, 0.1) is 11.5 Å². The van der Waals surface area contributed by atoms with E-state index in [0.717, 1.165) is 4.88 Å². The molecule has 1 aromatic carbocycles. The van der Waals surface area contributed by atoms with Crippen LogP contribution in [0, 0.1) is 0 Å². The fraction of sp³-hybridized carbons (Fsp3) is 0.167. The van der Waals surface area contributed by atoms with Gasteiger partial charge in [-0.3, -0.25) is 4.79 Å². The van der Waals surface area contributed by atoms with Crippen molar-refractivity contribution in [3.05, 3.63) is 51.8 Å². The number of benzene rings is 1. The van der Waals surface area contributed by atoms with Gasteiger partial charge >= 0.3 is 11.9 Å². The molecule has 0 radical (unpaired) electrons. The molecule has 0 unspecified atom stereocenters.